The maximum Gasteiger partial charge on any atom is 0.311 e. The first-order valence-corrected chi connectivity index (χ1v) is 13.5. The monoisotopic (exact) mass is 478 g/mol. The van der Waals surface area contributed by atoms with Crippen molar-refractivity contribution in [1.29, 1.82) is 0 Å². The lowest BCUT2D eigenvalue weighted by molar-refractivity contribution is -0.165. The van der Waals surface area contributed by atoms with Gasteiger partial charge in [0.1, 0.15) is 12.2 Å². The van der Waals surface area contributed by atoms with Crippen molar-refractivity contribution in [2.45, 2.75) is 91.3 Å². The van der Waals surface area contributed by atoms with Gasteiger partial charge < -0.3 is 9.47 Å². The summed E-state index contributed by atoms with van der Waals surface area (Å²) in [4.78, 5) is 25.5. The third-order valence-corrected chi connectivity index (χ3v) is 8.64. The number of cyclic esters (lactones) is 1. The average molecular weight is 479 g/mol. The number of fused-ring (bicyclic) bond motifs is 1. The van der Waals surface area contributed by atoms with Crippen LogP contribution >= 0.6 is 0 Å². The van der Waals surface area contributed by atoms with Gasteiger partial charge in [-0.3, -0.25) is 9.59 Å². The van der Waals surface area contributed by atoms with Crippen LogP contribution in [-0.4, -0.2) is 24.1 Å². The Morgan fingerprint density at radius 2 is 1.86 bits per heavy atom. The summed E-state index contributed by atoms with van der Waals surface area (Å²) in [6.45, 7) is 10.5. The zero-order valence-corrected chi connectivity index (χ0v) is 22.0. The summed E-state index contributed by atoms with van der Waals surface area (Å²) in [6, 6.07) is 10.3. The Hall–Kier alpha value is -2.36. The smallest absolute Gasteiger partial charge is 0.311 e. The molecular weight excluding hydrogens is 436 g/mol. The van der Waals surface area contributed by atoms with Gasteiger partial charge in [0.15, 0.2) is 0 Å². The van der Waals surface area contributed by atoms with Crippen LogP contribution in [0, 0.1) is 29.1 Å². The van der Waals surface area contributed by atoms with Crippen LogP contribution in [0.15, 0.2) is 54.1 Å². The molecule has 0 unspecified atom stereocenters. The third kappa shape index (κ3) is 5.90. The Labute approximate surface area is 211 Å². The van der Waals surface area contributed by atoms with Crippen molar-refractivity contribution >= 4 is 11.9 Å². The second kappa shape index (κ2) is 10.7. The number of rotatable bonds is 7. The van der Waals surface area contributed by atoms with Crippen LogP contribution in [0.3, 0.4) is 0 Å². The Morgan fingerprint density at radius 1 is 1.11 bits per heavy atom. The average Bonchev–Trinajstić information content (AvgIpc) is 2.83. The van der Waals surface area contributed by atoms with E-state index in [0.29, 0.717) is 24.2 Å². The van der Waals surface area contributed by atoms with Crippen molar-refractivity contribution in [3.8, 4) is 0 Å². The lowest BCUT2D eigenvalue weighted by Gasteiger charge is -2.44. The Balaban J connectivity index is 1.48. The van der Waals surface area contributed by atoms with E-state index in [1.165, 1.54) is 11.1 Å². The summed E-state index contributed by atoms with van der Waals surface area (Å²) in [5.74, 6) is 1.37. The topological polar surface area (TPSA) is 52.6 Å². The van der Waals surface area contributed by atoms with E-state index in [0.717, 1.165) is 32.1 Å². The summed E-state index contributed by atoms with van der Waals surface area (Å²) < 4.78 is 12.1. The number of ether oxygens (including phenoxy) is 2. The number of carbonyl (C=O) groups excluding carboxylic acids is 2. The fourth-order valence-electron chi connectivity index (χ4n) is 6.08. The quantitative estimate of drug-likeness (QED) is 0.396. The minimum Gasteiger partial charge on any atom is -0.462 e. The van der Waals surface area contributed by atoms with Crippen molar-refractivity contribution < 1.29 is 19.1 Å². The zero-order chi connectivity index (χ0) is 25.2. The number of benzene rings is 1. The molecule has 1 aromatic carbocycles. The molecule has 0 radical (unpaired) electrons. The molecule has 1 saturated heterocycles. The molecule has 4 rings (SSSR count). The highest BCUT2D eigenvalue weighted by Crippen LogP contribution is 2.46. The van der Waals surface area contributed by atoms with Gasteiger partial charge in [0.25, 0.3) is 0 Å². The highest BCUT2D eigenvalue weighted by atomic mass is 16.5. The maximum absolute atomic E-state index is 13.0. The summed E-state index contributed by atoms with van der Waals surface area (Å²) >= 11 is 0. The first kappa shape index (κ1) is 25.7. The second-order valence-electron chi connectivity index (χ2n) is 11.7. The summed E-state index contributed by atoms with van der Waals surface area (Å²) in [5.41, 5.74) is 2.06. The van der Waals surface area contributed by atoms with Gasteiger partial charge in [0, 0.05) is 5.92 Å². The molecule has 1 aromatic rings. The minimum absolute atomic E-state index is 0.0606. The van der Waals surface area contributed by atoms with Gasteiger partial charge in [-0.1, -0.05) is 69.3 Å². The van der Waals surface area contributed by atoms with E-state index in [9.17, 15) is 9.59 Å². The van der Waals surface area contributed by atoms with Crippen LogP contribution in [0.5, 0.6) is 0 Å². The predicted molar refractivity (Wildman–Crippen MR) is 139 cm³/mol. The summed E-state index contributed by atoms with van der Waals surface area (Å²) in [5, 5.41) is 0. The third-order valence-electron chi connectivity index (χ3n) is 8.64. The van der Waals surface area contributed by atoms with E-state index in [1.54, 1.807) is 0 Å². The number of esters is 2. The van der Waals surface area contributed by atoms with E-state index >= 15 is 0 Å². The van der Waals surface area contributed by atoms with Crippen LogP contribution in [0.2, 0.25) is 0 Å². The molecule has 0 aromatic heterocycles. The molecular formula is C31H42O4. The van der Waals surface area contributed by atoms with E-state index in [4.69, 9.17) is 9.47 Å². The van der Waals surface area contributed by atoms with Gasteiger partial charge in [-0.2, -0.15) is 0 Å². The molecule has 35 heavy (non-hydrogen) atoms. The van der Waals surface area contributed by atoms with Crippen LogP contribution in [0.4, 0.5) is 0 Å². The molecule has 0 N–H and O–H groups in total. The second-order valence-corrected chi connectivity index (χ2v) is 11.7. The first-order valence-electron chi connectivity index (χ1n) is 13.5. The molecule has 0 bridgehead atoms. The molecule has 1 fully saturated rings. The summed E-state index contributed by atoms with van der Waals surface area (Å²) in [7, 11) is 0. The summed E-state index contributed by atoms with van der Waals surface area (Å²) in [6.07, 6.45) is 11.5. The van der Waals surface area contributed by atoms with Crippen molar-refractivity contribution in [2.24, 2.45) is 29.1 Å². The SMILES string of the molecule is CCC(C)(C)C(=O)O[C@H]1C[C@@H](C)C=C2C=C[C@H](C)[C@H](CC[C@@H]3C[C@@H](c4ccccc4)CC(=O)O3)[C@H]21. The first-order chi connectivity index (χ1) is 16.7. The number of carbonyl (C=O) groups is 2. The van der Waals surface area contributed by atoms with Crippen molar-refractivity contribution in [3.05, 3.63) is 59.7 Å². The van der Waals surface area contributed by atoms with E-state index in [-0.39, 0.29) is 36.0 Å². The molecule has 2 aliphatic carbocycles. The van der Waals surface area contributed by atoms with Crippen LogP contribution < -0.4 is 0 Å². The zero-order valence-electron chi connectivity index (χ0n) is 22.0. The molecule has 0 saturated carbocycles. The van der Waals surface area contributed by atoms with Crippen molar-refractivity contribution in [2.75, 3.05) is 0 Å². The molecule has 4 nitrogen and oxygen atoms in total. The molecule has 7 atom stereocenters. The minimum atomic E-state index is -0.473. The molecule has 0 amide bonds. The maximum atomic E-state index is 13.0. The van der Waals surface area contributed by atoms with Crippen molar-refractivity contribution in [1.82, 2.24) is 0 Å². The molecule has 1 heterocycles. The number of hydrogen-bond donors (Lipinski definition) is 0. The largest absolute Gasteiger partial charge is 0.462 e. The Kier molecular flexibility index (Phi) is 7.88. The van der Waals surface area contributed by atoms with Crippen LogP contribution in [0.25, 0.3) is 0 Å². The van der Waals surface area contributed by atoms with Gasteiger partial charge in [-0.15, -0.1) is 0 Å². The number of allylic oxidation sites excluding steroid dienone is 3. The van der Waals surface area contributed by atoms with Gasteiger partial charge in [0.2, 0.25) is 0 Å². The van der Waals surface area contributed by atoms with Crippen molar-refractivity contribution in [3.63, 3.8) is 0 Å². The van der Waals surface area contributed by atoms with Gasteiger partial charge in [-0.05, 0) is 80.8 Å². The molecule has 3 aliphatic rings. The van der Waals surface area contributed by atoms with Crippen LogP contribution in [0.1, 0.15) is 84.6 Å². The fourth-order valence-corrected chi connectivity index (χ4v) is 6.08. The highest BCUT2D eigenvalue weighted by molar-refractivity contribution is 5.76. The Bertz CT molecular complexity index is 959. The van der Waals surface area contributed by atoms with E-state index in [2.05, 4.69) is 44.2 Å². The Morgan fingerprint density at radius 3 is 2.57 bits per heavy atom. The molecule has 0 spiro atoms. The van der Waals surface area contributed by atoms with Gasteiger partial charge >= 0.3 is 11.9 Å². The number of hydrogen-bond acceptors (Lipinski definition) is 4. The predicted octanol–water partition coefficient (Wildman–Crippen LogP) is 7.01. The molecule has 1 aliphatic heterocycles. The standard InChI is InChI=1S/C31H42O4/c1-6-31(4,5)30(33)35-27-17-20(2)16-23-13-12-21(3)26(29(23)27)15-14-25-18-24(19-28(32)34-25)22-10-8-7-9-11-22/h7-13,16,20-21,24-27,29H,6,14-15,17-19H2,1-5H3/t20-,21-,24+,25+,26-,27-,29-/m0/s1. The van der Waals surface area contributed by atoms with Crippen LogP contribution in [-0.2, 0) is 19.1 Å². The highest BCUT2D eigenvalue weighted by Gasteiger charge is 2.43. The fraction of sp³-hybridized carbons (Fsp3) is 0.613. The molecule has 4 heteroatoms. The molecule has 190 valence electrons. The lowest BCUT2D eigenvalue weighted by Crippen LogP contribution is -2.43. The van der Waals surface area contributed by atoms with E-state index in [1.807, 2.05) is 39.0 Å². The lowest BCUT2D eigenvalue weighted by atomic mass is 9.65. The van der Waals surface area contributed by atoms with Gasteiger partial charge in [0.05, 0.1) is 11.8 Å². The van der Waals surface area contributed by atoms with Gasteiger partial charge in [-0.25, -0.2) is 0 Å². The van der Waals surface area contributed by atoms with E-state index < -0.39 is 5.41 Å². The normalized spacial score (nSPS) is 32.9.